The fraction of sp³-hybridized carbons (Fsp3) is 0.333. The van der Waals surface area contributed by atoms with Crippen LogP contribution in [0.2, 0.25) is 0 Å². The van der Waals surface area contributed by atoms with Crippen molar-refractivity contribution < 1.29 is 0 Å². The van der Waals surface area contributed by atoms with Gasteiger partial charge in [0, 0.05) is 37.1 Å². The minimum atomic E-state index is 0.305. The van der Waals surface area contributed by atoms with Gasteiger partial charge in [0.1, 0.15) is 17.5 Å². The summed E-state index contributed by atoms with van der Waals surface area (Å²) in [5.74, 6) is 2.92. The van der Waals surface area contributed by atoms with Gasteiger partial charge in [-0.25, -0.2) is 15.0 Å². The number of piperidine rings is 1. The van der Waals surface area contributed by atoms with Gasteiger partial charge >= 0.3 is 0 Å². The minimum Gasteiger partial charge on any atom is -0.357 e. The number of nitriles is 1. The van der Waals surface area contributed by atoms with Gasteiger partial charge in [0.2, 0.25) is 0 Å². The average Bonchev–Trinajstić information content (AvgIpc) is 3.65. The summed E-state index contributed by atoms with van der Waals surface area (Å²) in [6, 6.07) is 14.3. The van der Waals surface area contributed by atoms with Crippen molar-refractivity contribution in [3.63, 3.8) is 0 Å². The van der Waals surface area contributed by atoms with Crippen molar-refractivity contribution in [1.82, 2.24) is 15.0 Å². The molecule has 7 nitrogen and oxygen atoms in total. The van der Waals surface area contributed by atoms with Gasteiger partial charge in [-0.1, -0.05) is 0 Å². The smallest absolute Gasteiger partial charge is 0.132 e. The van der Waals surface area contributed by atoms with Crippen LogP contribution in [0.1, 0.15) is 42.7 Å². The molecule has 7 heteroatoms. The van der Waals surface area contributed by atoms with E-state index in [0.717, 1.165) is 48.8 Å². The van der Waals surface area contributed by atoms with Gasteiger partial charge in [0.15, 0.2) is 0 Å². The first-order valence-corrected chi connectivity index (χ1v) is 10.8. The van der Waals surface area contributed by atoms with E-state index in [1.807, 2.05) is 6.20 Å². The van der Waals surface area contributed by atoms with Crippen LogP contribution in [0.5, 0.6) is 0 Å². The molecule has 3 N–H and O–H groups in total. The van der Waals surface area contributed by atoms with Crippen LogP contribution in [-0.4, -0.2) is 34.1 Å². The van der Waals surface area contributed by atoms with E-state index in [4.69, 9.17) is 21.0 Å². The first-order valence-electron chi connectivity index (χ1n) is 10.8. The molecule has 0 aromatic carbocycles. The zero-order chi connectivity index (χ0) is 21.2. The van der Waals surface area contributed by atoms with Gasteiger partial charge in [-0.3, -0.25) is 0 Å². The highest BCUT2D eigenvalue weighted by Crippen LogP contribution is 2.42. The number of hydrogen-bond acceptors (Lipinski definition) is 7. The Morgan fingerprint density at radius 3 is 2.55 bits per heavy atom. The summed E-state index contributed by atoms with van der Waals surface area (Å²) < 4.78 is 0. The molecule has 0 unspecified atom stereocenters. The van der Waals surface area contributed by atoms with E-state index in [1.165, 1.54) is 18.4 Å². The van der Waals surface area contributed by atoms with Gasteiger partial charge in [-0.15, -0.1) is 0 Å². The van der Waals surface area contributed by atoms with Crippen LogP contribution in [0.25, 0.3) is 11.3 Å². The molecular weight excluding hydrogens is 386 g/mol. The van der Waals surface area contributed by atoms with Gasteiger partial charge in [-0.05, 0) is 73.6 Å². The second-order valence-corrected chi connectivity index (χ2v) is 8.34. The van der Waals surface area contributed by atoms with Crippen molar-refractivity contribution in [3.05, 3.63) is 59.9 Å². The first-order chi connectivity index (χ1) is 15.2. The molecule has 1 saturated carbocycles. The summed E-state index contributed by atoms with van der Waals surface area (Å²) in [7, 11) is 0. The largest absolute Gasteiger partial charge is 0.357 e. The summed E-state index contributed by atoms with van der Waals surface area (Å²) in [5, 5.41) is 12.4. The molecule has 156 valence electrons. The molecule has 3 aromatic heterocycles. The predicted molar refractivity (Wildman–Crippen MR) is 121 cm³/mol. The maximum atomic E-state index is 9.14. The van der Waals surface area contributed by atoms with Crippen LogP contribution < -0.4 is 16.0 Å². The molecule has 1 saturated heterocycles. The number of nitrogens with two attached hydrogens (primary N) is 1. The fourth-order valence-electron chi connectivity index (χ4n) is 3.97. The minimum absolute atomic E-state index is 0.305. The third kappa shape index (κ3) is 4.49. The van der Waals surface area contributed by atoms with E-state index < -0.39 is 0 Å². The molecule has 2 fully saturated rings. The summed E-state index contributed by atoms with van der Waals surface area (Å²) in [5.41, 5.74) is 9.74. The molecule has 3 aromatic rings. The van der Waals surface area contributed by atoms with E-state index in [0.29, 0.717) is 23.3 Å². The van der Waals surface area contributed by atoms with E-state index in [-0.39, 0.29) is 0 Å². The summed E-state index contributed by atoms with van der Waals surface area (Å²) in [6.07, 6.45) is 7.96. The molecule has 4 heterocycles. The van der Waals surface area contributed by atoms with Crippen LogP contribution in [0, 0.1) is 11.3 Å². The lowest BCUT2D eigenvalue weighted by molar-refractivity contribution is 0.498. The first kappa shape index (κ1) is 19.5. The summed E-state index contributed by atoms with van der Waals surface area (Å²) >= 11 is 0. The Kier molecular flexibility index (Phi) is 5.23. The van der Waals surface area contributed by atoms with Crippen LogP contribution in [0.4, 0.5) is 17.5 Å². The Bertz CT molecular complexity index is 1110. The highest BCUT2D eigenvalue weighted by atomic mass is 15.2. The van der Waals surface area contributed by atoms with Gasteiger partial charge in [0.25, 0.3) is 0 Å². The van der Waals surface area contributed by atoms with Crippen molar-refractivity contribution >= 4 is 17.5 Å². The zero-order valence-corrected chi connectivity index (χ0v) is 17.3. The van der Waals surface area contributed by atoms with E-state index >= 15 is 0 Å². The summed E-state index contributed by atoms with van der Waals surface area (Å²) in [4.78, 5) is 16.1. The van der Waals surface area contributed by atoms with Gasteiger partial charge in [0.05, 0.1) is 17.3 Å². The normalized spacial score (nSPS) is 16.7. The van der Waals surface area contributed by atoms with Crippen molar-refractivity contribution in [2.75, 3.05) is 23.3 Å². The Balaban J connectivity index is 1.41. The summed E-state index contributed by atoms with van der Waals surface area (Å²) in [6.45, 7) is 1.90. The number of hydrogen-bond donors (Lipinski definition) is 2. The van der Waals surface area contributed by atoms with Crippen LogP contribution in [0.15, 0.2) is 48.8 Å². The van der Waals surface area contributed by atoms with E-state index in [9.17, 15) is 0 Å². The van der Waals surface area contributed by atoms with Crippen molar-refractivity contribution in [2.45, 2.75) is 37.6 Å². The molecule has 2 aliphatic rings. The number of rotatable bonds is 5. The monoisotopic (exact) mass is 411 g/mol. The molecule has 1 aliphatic carbocycles. The number of anilines is 3. The lowest BCUT2D eigenvalue weighted by Crippen LogP contribution is -2.40. The molecule has 31 heavy (non-hydrogen) atoms. The van der Waals surface area contributed by atoms with Crippen LogP contribution in [-0.2, 0) is 0 Å². The lowest BCUT2D eigenvalue weighted by Gasteiger charge is -2.31. The number of aromatic nitrogens is 3. The molecule has 0 bridgehead atoms. The second kappa shape index (κ2) is 8.32. The third-order valence-corrected chi connectivity index (χ3v) is 5.95. The molecule has 1 aliphatic heterocycles. The fourth-order valence-corrected chi connectivity index (χ4v) is 3.97. The Hall–Kier alpha value is -3.50. The predicted octanol–water partition coefficient (Wildman–Crippen LogP) is 3.96. The maximum Gasteiger partial charge on any atom is 0.132 e. The molecule has 0 amide bonds. The lowest BCUT2D eigenvalue weighted by atomic mass is 10.1. The second-order valence-electron chi connectivity index (χ2n) is 8.34. The topological polar surface area (TPSA) is 104 Å². The number of nitrogens with zero attached hydrogens (tertiary/aromatic N) is 5. The molecule has 0 radical (unpaired) electrons. The van der Waals surface area contributed by atoms with Crippen molar-refractivity contribution in [3.8, 4) is 17.3 Å². The van der Waals surface area contributed by atoms with Gasteiger partial charge in [-0.2, -0.15) is 5.26 Å². The van der Waals surface area contributed by atoms with E-state index in [1.54, 1.807) is 18.3 Å². The molecule has 5 rings (SSSR count). The van der Waals surface area contributed by atoms with E-state index in [2.05, 4.69) is 45.5 Å². The van der Waals surface area contributed by atoms with Crippen molar-refractivity contribution in [2.24, 2.45) is 5.73 Å². The van der Waals surface area contributed by atoms with Crippen LogP contribution in [0.3, 0.4) is 0 Å². The number of pyridine rings is 3. The Morgan fingerprint density at radius 2 is 1.84 bits per heavy atom. The molecule has 0 atom stereocenters. The van der Waals surface area contributed by atoms with Gasteiger partial charge < -0.3 is 16.0 Å². The highest BCUT2D eigenvalue weighted by molar-refractivity contribution is 5.66. The standard InChI is InChI=1S/C24H25N7/c25-14-16-5-8-27-22(11-16)30-23-13-19(17-1-2-17)12-21(29-23)18-3-4-24(28-15-18)31-9-6-20(26)7-10-31/h3-5,8,11-13,15,17,20H,1-2,6-7,9-10,26H2,(H,27,29,30). The average molecular weight is 412 g/mol. The maximum absolute atomic E-state index is 9.14. The molecule has 0 spiro atoms. The SMILES string of the molecule is N#Cc1ccnc(Nc2cc(C3CC3)cc(-c3ccc(N4CCC(N)CC4)nc3)n2)c1. The molecular formula is C24H25N7. The highest BCUT2D eigenvalue weighted by Gasteiger charge is 2.25. The quantitative estimate of drug-likeness (QED) is 0.655. The zero-order valence-electron chi connectivity index (χ0n) is 17.3. The Morgan fingerprint density at radius 1 is 1.00 bits per heavy atom. The number of nitrogens with one attached hydrogen (secondary N) is 1. The Labute approximate surface area is 182 Å². The van der Waals surface area contributed by atoms with Crippen LogP contribution >= 0.6 is 0 Å². The van der Waals surface area contributed by atoms with Crippen molar-refractivity contribution in [1.29, 1.82) is 5.26 Å². The third-order valence-electron chi connectivity index (χ3n) is 5.95.